The Morgan fingerprint density at radius 2 is 2.28 bits per heavy atom. The van der Waals surface area contributed by atoms with Gasteiger partial charge in [-0.15, -0.1) is 11.3 Å². The van der Waals surface area contributed by atoms with Gasteiger partial charge in [0.25, 0.3) is 5.91 Å². The fraction of sp³-hybridized carbons (Fsp3) is 0.389. The zero-order valence-electron chi connectivity index (χ0n) is 14.0. The van der Waals surface area contributed by atoms with Gasteiger partial charge in [-0.2, -0.15) is 0 Å². The number of benzene rings is 1. The van der Waals surface area contributed by atoms with E-state index in [9.17, 15) is 14.0 Å². The molecule has 0 bridgehead atoms. The van der Waals surface area contributed by atoms with Crippen LogP contribution in [0.5, 0.6) is 0 Å². The minimum atomic E-state index is -0.401. The van der Waals surface area contributed by atoms with Crippen LogP contribution in [-0.2, 0) is 11.3 Å². The molecule has 1 fully saturated rings. The highest BCUT2D eigenvalue weighted by Gasteiger charge is 2.27. The SMILES string of the molecule is CC(=O)NCc1csc([C@H]2CCCN(C(=O)c3cccc(F)c3)C2)n1. The van der Waals surface area contributed by atoms with Crippen LogP contribution in [0, 0.1) is 5.82 Å². The molecule has 1 N–H and O–H groups in total. The predicted octanol–water partition coefficient (Wildman–Crippen LogP) is 2.94. The number of thiazole rings is 1. The first kappa shape index (κ1) is 17.5. The molecule has 132 valence electrons. The van der Waals surface area contributed by atoms with Gasteiger partial charge < -0.3 is 10.2 Å². The number of aromatic nitrogens is 1. The maximum atomic E-state index is 13.4. The normalized spacial score (nSPS) is 17.4. The Labute approximate surface area is 149 Å². The molecule has 3 rings (SSSR count). The van der Waals surface area contributed by atoms with E-state index in [1.54, 1.807) is 28.4 Å². The van der Waals surface area contributed by atoms with Crippen LogP contribution in [0.25, 0.3) is 0 Å². The number of amides is 2. The van der Waals surface area contributed by atoms with Gasteiger partial charge in [-0.3, -0.25) is 9.59 Å². The Hall–Kier alpha value is -2.28. The Kier molecular flexibility index (Phi) is 5.43. The molecule has 2 aromatic rings. The summed E-state index contributed by atoms with van der Waals surface area (Å²) in [7, 11) is 0. The molecule has 0 spiro atoms. The minimum Gasteiger partial charge on any atom is -0.351 e. The van der Waals surface area contributed by atoms with Crippen molar-refractivity contribution in [3.8, 4) is 0 Å². The molecule has 1 aromatic heterocycles. The average Bonchev–Trinajstić information content (AvgIpc) is 3.08. The van der Waals surface area contributed by atoms with Crippen LogP contribution in [0.3, 0.4) is 0 Å². The summed E-state index contributed by atoms with van der Waals surface area (Å²) in [4.78, 5) is 30.0. The van der Waals surface area contributed by atoms with Gasteiger partial charge in [-0.25, -0.2) is 9.37 Å². The number of likely N-dealkylation sites (tertiary alicyclic amines) is 1. The first-order valence-electron chi connectivity index (χ1n) is 8.26. The monoisotopic (exact) mass is 361 g/mol. The lowest BCUT2D eigenvalue weighted by molar-refractivity contribution is -0.119. The second-order valence-corrected chi connectivity index (χ2v) is 7.08. The summed E-state index contributed by atoms with van der Waals surface area (Å²) in [5, 5.41) is 5.66. The maximum absolute atomic E-state index is 13.4. The molecular weight excluding hydrogens is 341 g/mol. The van der Waals surface area contributed by atoms with E-state index in [1.807, 2.05) is 5.38 Å². The highest BCUT2D eigenvalue weighted by atomic mass is 32.1. The van der Waals surface area contributed by atoms with Crippen molar-refractivity contribution in [1.82, 2.24) is 15.2 Å². The number of nitrogens with one attached hydrogen (secondary N) is 1. The Morgan fingerprint density at radius 3 is 3.04 bits per heavy atom. The molecule has 0 radical (unpaired) electrons. The first-order valence-corrected chi connectivity index (χ1v) is 9.14. The molecule has 25 heavy (non-hydrogen) atoms. The molecule has 1 saturated heterocycles. The van der Waals surface area contributed by atoms with Crippen molar-refractivity contribution in [1.29, 1.82) is 0 Å². The fourth-order valence-electron chi connectivity index (χ4n) is 2.97. The van der Waals surface area contributed by atoms with Gasteiger partial charge in [0.2, 0.25) is 5.91 Å². The van der Waals surface area contributed by atoms with Gasteiger partial charge in [0.15, 0.2) is 0 Å². The Bertz CT molecular complexity index is 777. The summed E-state index contributed by atoms with van der Waals surface area (Å²) in [6, 6.07) is 5.81. The molecule has 1 aliphatic heterocycles. The molecule has 0 saturated carbocycles. The molecule has 1 aliphatic rings. The van der Waals surface area contributed by atoms with E-state index in [0.29, 0.717) is 25.2 Å². The van der Waals surface area contributed by atoms with Crippen molar-refractivity contribution in [3.05, 3.63) is 51.7 Å². The number of nitrogens with zero attached hydrogens (tertiary/aromatic N) is 2. The predicted molar refractivity (Wildman–Crippen MR) is 93.9 cm³/mol. The van der Waals surface area contributed by atoms with Crippen LogP contribution < -0.4 is 5.32 Å². The summed E-state index contributed by atoms with van der Waals surface area (Å²) in [6.45, 7) is 3.16. The molecular formula is C18H20FN3O2S. The first-order chi connectivity index (χ1) is 12.0. The number of halogens is 1. The zero-order valence-corrected chi connectivity index (χ0v) is 14.8. The second-order valence-electron chi connectivity index (χ2n) is 6.19. The van der Waals surface area contributed by atoms with Gasteiger partial charge in [-0.1, -0.05) is 6.07 Å². The number of piperidine rings is 1. The van der Waals surface area contributed by atoms with E-state index in [0.717, 1.165) is 23.5 Å². The quantitative estimate of drug-likeness (QED) is 0.911. The Morgan fingerprint density at radius 1 is 1.44 bits per heavy atom. The maximum Gasteiger partial charge on any atom is 0.253 e. The highest BCUT2D eigenvalue weighted by molar-refractivity contribution is 7.09. The summed E-state index contributed by atoms with van der Waals surface area (Å²) < 4.78 is 13.4. The number of rotatable bonds is 4. The number of carbonyl (C=O) groups excluding carboxylic acids is 2. The van der Waals surface area contributed by atoms with Crippen molar-refractivity contribution in [3.63, 3.8) is 0 Å². The highest BCUT2D eigenvalue weighted by Crippen LogP contribution is 2.30. The van der Waals surface area contributed by atoms with Gasteiger partial charge in [0, 0.05) is 36.9 Å². The standard InChI is InChI=1S/C18H20FN3O2S/c1-12(23)20-9-16-11-25-17(21-16)14-5-3-7-22(10-14)18(24)13-4-2-6-15(19)8-13/h2,4,6,8,11,14H,3,5,7,9-10H2,1H3,(H,20,23)/t14-/m0/s1. The number of hydrogen-bond donors (Lipinski definition) is 1. The van der Waals surface area contributed by atoms with Crippen LogP contribution in [-0.4, -0.2) is 34.8 Å². The van der Waals surface area contributed by atoms with E-state index in [2.05, 4.69) is 10.3 Å². The third-order valence-corrected chi connectivity index (χ3v) is 5.27. The summed E-state index contributed by atoms with van der Waals surface area (Å²) >= 11 is 1.56. The summed E-state index contributed by atoms with van der Waals surface area (Å²) in [6.07, 6.45) is 1.87. The topological polar surface area (TPSA) is 62.3 Å². The summed E-state index contributed by atoms with van der Waals surface area (Å²) in [5.74, 6) is -0.442. The Balaban J connectivity index is 1.67. The number of hydrogen-bond acceptors (Lipinski definition) is 4. The van der Waals surface area contributed by atoms with E-state index in [1.165, 1.54) is 19.1 Å². The average molecular weight is 361 g/mol. The molecule has 1 aromatic carbocycles. The van der Waals surface area contributed by atoms with Gasteiger partial charge in [0.05, 0.1) is 17.2 Å². The molecule has 2 heterocycles. The lowest BCUT2D eigenvalue weighted by atomic mass is 9.98. The van der Waals surface area contributed by atoms with Crippen molar-refractivity contribution in [2.75, 3.05) is 13.1 Å². The van der Waals surface area contributed by atoms with Crippen molar-refractivity contribution >= 4 is 23.2 Å². The smallest absolute Gasteiger partial charge is 0.253 e. The molecule has 0 unspecified atom stereocenters. The van der Waals surface area contributed by atoms with E-state index >= 15 is 0 Å². The van der Waals surface area contributed by atoms with Gasteiger partial charge >= 0.3 is 0 Å². The van der Waals surface area contributed by atoms with Crippen LogP contribution in [0.4, 0.5) is 4.39 Å². The van der Waals surface area contributed by atoms with E-state index < -0.39 is 5.82 Å². The molecule has 7 heteroatoms. The minimum absolute atomic E-state index is 0.0842. The lowest BCUT2D eigenvalue weighted by Crippen LogP contribution is -2.39. The van der Waals surface area contributed by atoms with Crippen LogP contribution in [0.2, 0.25) is 0 Å². The molecule has 0 aliphatic carbocycles. The van der Waals surface area contributed by atoms with Crippen molar-refractivity contribution in [2.45, 2.75) is 32.2 Å². The van der Waals surface area contributed by atoms with Gasteiger partial charge in [-0.05, 0) is 31.0 Å². The fourth-order valence-corrected chi connectivity index (χ4v) is 3.92. The van der Waals surface area contributed by atoms with E-state index in [-0.39, 0.29) is 17.7 Å². The molecule has 2 amide bonds. The lowest BCUT2D eigenvalue weighted by Gasteiger charge is -2.32. The van der Waals surface area contributed by atoms with Crippen LogP contribution in [0.1, 0.15) is 46.7 Å². The van der Waals surface area contributed by atoms with Crippen LogP contribution >= 0.6 is 11.3 Å². The van der Waals surface area contributed by atoms with Crippen molar-refractivity contribution < 1.29 is 14.0 Å². The zero-order chi connectivity index (χ0) is 17.8. The van der Waals surface area contributed by atoms with E-state index in [4.69, 9.17) is 0 Å². The second kappa shape index (κ2) is 7.74. The third-order valence-electron chi connectivity index (χ3n) is 4.22. The van der Waals surface area contributed by atoms with Crippen molar-refractivity contribution in [2.24, 2.45) is 0 Å². The van der Waals surface area contributed by atoms with Crippen LogP contribution in [0.15, 0.2) is 29.6 Å². The largest absolute Gasteiger partial charge is 0.351 e. The number of carbonyl (C=O) groups is 2. The third kappa shape index (κ3) is 4.42. The summed E-state index contributed by atoms with van der Waals surface area (Å²) in [5.41, 5.74) is 1.22. The van der Waals surface area contributed by atoms with Gasteiger partial charge in [0.1, 0.15) is 5.82 Å². The molecule has 1 atom stereocenters. The molecule has 5 nitrogen and oxygen atoms in total.